The molecule has 2 saturated carbocycles. The Hall–Kier alpha value is -1.32. The van der Waals surface area contributed by atoms with Crippen molar-refractivity contribution < 1.29 is 9.53 Å². The molecule has 0 saturated heterocycles. The Balaban J connectivity index is 1.75. The summed E-state index contributed by atoms with van der Waals surface area (Å²) in [5, 5.41) is 4.22. The van der Waals surface area contributed by atoms with Gasteiger partial charge in [0.25, 0.3) is 0 Å². The van der Waals surface area contributed by atoms with Gasteiger partial charge in [-0.15, -0.1) is 0 Å². The summed E-state index contributed by atoms with van der Waals surface area (Å²) in [4.78, 5) is 12.6. The van der Waals surface area contributed by atoms with Crippen LogP contribution >= 0.6 is 0 Å². The van der Waals surface area contributed by atoms with Crippen LogP contribution in [0.4, 0.5) is 0 Å². The largest absolute Gasteiger partial charge is 0.493 e. The number of Topliss-reactive ketones (excluding diaryl/α,β-unsaturated/α-hetero) is 1. The summed E-state index contributed by atoms with van der Waals surface area (Å²) < 4.78 is 7.03. The number of aryl methyl sites for hydroxylation is 1. The van der Waals surface area contributed by atoms with E-state index in [9.17, 15) is 4.79 Å². The van der Waals surface area contributed by atoms with Crippen LogP contribution < -0.4 is 4.74 Å². The van der Waals surface area contributed by atoms with E-state index in [1.807, 2.05) is 6.92 Å². The van der Waals surface area contributed by atoms with Gasteiger partial charge in [0.2, 0.25) is 0 Å². The second kappa shape index (κ2) is 4.99. The summed E-state index contributed by atoms with van der Waals surface area (Å²) >= 11 is 0. The van der Waals surface area contributed by atoms with Crippen LogP contribution in [0.2, 0.25) is 0 Å². The number of rotatable bonds is 5. The molecule has 19 heavy (non-hydrogen) atoms. The van der Waals surface area contributed by atoms with Crippen molar-refractivity contribution in [2.45, 2.75) is 45.6 Å². The van der Waals surface area contributed by atoms with E-state index in [1.165, 1.54) is 25.7 Å². The van der Waals surface area contributed by atoms with Crippen molar-refractivity contribution >= 4 is 5.78 Å². The lowest BCUT2D eigenvalue weighted by atomic mass is 9.85. The van der Waals surface area contributed by atoms with Gasteiger partial charge in [-0.1, -0.05) is 6.42 Å². The topological polar surface area (TPSA) is 44.1 Å². The highest BCUT2D eigenvalue weighted by molar-refractivity contribution is 5.97. The second-order valence-corrected chi connectivity index (χ2v) is 5.94. The van der Waals surface area contributed by atoms with E-state index in [0.717, 1.165) is 11.8 Å². The maximum absolute atomic E-state index is 12.6. The van der Waals surface area contributed by atoms with E-state index in [4.69, 9.17) is 4.74 Å². The molecule has 3 atom stereocenters. The van der Waals surface area contributed by atoms with Crippen LogP contribution in [-0.2, 0) is 6.54 Å². The molecule has 2 bridgehead atoms. The van der Waals surface area contributed by atoms with E-state index in [-0.39, 0.29) is 5.78 Å². The van der Waals surface area contributed by atoms with Crippen molar-refractivity contribution in [3.63, 3.8) is 0 Å². The summed E-state index contributed by atoms with van der Waals surface area (Å²) in [6.45, 7) is 2.71. The minimum Gasteiger partial charge on any atom is -0.493 e. The average molecular weight is 262 g/mol. The quantitative estimate of drug-likeness (QED) is 0.766. The van der Waals surface area contributed by atoms with Crippen LogP contribution in [0.15, 0.2) is 6.20 Å². The van der Waals surface area contributed by atoms with Gasteiger partial charge in [0.15, 0.2) is 11.5 Å². The molecule has 4 heteroatoms. The minimum atomic E-state index is 0.203. The zero-order valence-corrected chi connectivity index (χ0v) is 11.8. The van der Waals surface area contributed by atoms with Crippen molar-refractivity contribution in [1.82, 2.24) is 9.78 Å². The van der Waals surface area contributed by atoms with E-state index in [0.29, 0.717) is 30.3 Å². The summed E-state index contributed by atoms with van der Waals surface area (Å²) in [5.74, 6) is 3.10. The number of ether oxygens (including phenoxy) is 1. The number of hydrogen-bond acceptors (Lipinski definition) is 3. The fraction of sp³-hybridized carbons (Fsp3) is 0.733. The highest BCUT2D eigenvalue weighted by Gasteiger charge is 2.40. The van der Waals surface area contributed by atoms with Crippen molar-refractivity contribution in [3.8, 4) is 5.75 Å². The van der Waals surface area contributed by atoms with Gasteiger partial charge in [-0.3, -0.25) is 9.48 Å². The first-order valence-corrected chi connectivity index (χ1v) is 7.35. The summed E-state index contributed by atoms with van der Waals surface area (Å²) in [6.07, 6.45) is 7.63. The fourth-order valence-corrected chi connectivity index (χ4v) is 4.00. The molecule has 104 valence electrons. The third-order valence-electron chi connectivity index (χ3n) is 4.92. The Morgan fingerprint density at radius 2 is 2.32 bits per heavy atom. The van der Waals surface area contributed by atoms with Crippen LogP contribution in [0.5, 0.6) is 5.75 Å². The van der Waals surface area contributed by atoms with Crippen molar-refractivity contribution in [1.29, 1.82) is 0 Å². The number of aromatic nitrogens is 2. The van der Waals surface area contributed by atoms with Crippen LogP contribution in [0.25, 0.3) is 0 Å². The van der Waals surface area contributed by atoms with Gasteiger partial charge in [-0.25, -0.2) is 0 Å². The summed E-state index contributed by atoms with van der Waals surface area (Å²) in [5.41, 5.74) is 0.660. The Kier molecular flexibility index (Phi) is 3.33. The molecule has 0 aliphatic heterocycles. The number of hydrogen-bond donors (Lipinski definition) is 0. The highest BCUT2D eigenvalue weighted by atomic mass is 16.5. The van der Waals surface area contributed by atoms with Gasteiger partial charge < -0.3 is 4.74 Å². The number of nitrogens with zero attached hydrogens (tertiary/aromatic N) is 2. The Morgan fingerprint density at radius 3 is 2.89 bits per heavy atom. The van der Waals surface area contributed by atoms with Gasteiger partial charge in [-0.2, -0.15) is 5.10 Å². The molecule has 4 nitrogen and oxygen atoms in total. The monoisotopic (exact) mass is 262 g/mol. The van der Waals surface area contributed by atoms with Crippen LogP contribution in [-0.4, -0.2) is 22.7 Å². The van der Waals surface area contributed by atoms with Gasteiger partial charge in [-0.05, 0) is 43.9 Å². The first-order valence-electron chi connectivity index (χ1n) is 7.35. The standard InChI is InChI=1S/C15H22N2O2/c1-3-17-15(14(19-2)9-16-17)13(18)8-12-7-10-4-5-11(12)6-10/h9-12H,3-8H2,1-2H3. The van der Waals surface area contributed by atoms with Gasteiger partial charge >= 0.3 is 0 Å². The molecule has 0 amide bonds. The predicted molar refractivity (Wildman–Crippen MR) is 72.3 cm³/mol. The average Bonchev–Trinajstić information content (AvgIpc) is 3.12. The van der Waals surface area contributed by atoms with Crippen molar-refractivity contribution in [2.75, 3.05) is 7.11 Å². The van der Waals surface area contributed by atoms with E-state index in [1.54, 1.807) is 18.0 Å². The smallest absolute Gasteiger partial charge is 0.184 e. The van der Waals surface area contributed by atoms with Crippen molar-refractivity contribution in [2.24, 2.45) is 17.8 Å². The lowest BCUT2D eigenvalue weighted by Crippen LogP contribution is -2.18. The lowest BCUT2D eigenvalue weighted by Gasteiger charge is -2.20. The highest BCUT2D eigenvalue weighted by Crippen LogP contribution is 2.49. The van der Waals surface area contributed by atoms with Crippen LogP contribution in [0, 0.1) is 17.8 Å². The number of carbonyl (C=O) groups is 1. The molecular formula is C15H22N2O2. The second-order valence-electron chi connectivity index (χ2n) is 5.94. The molecule has 0 N–H and O–H groups in total. The molecule has 1 aromatic heterocycles. The number of methoxy groups -OCH3 is 1. The molecule has 1 aromatic rings. The van der Waals surface area contributed by atoms with Gasteiger partial charge in [0.1, 0.15) is 5.69 Å². The summed E-state index contributed by atoms with van der Waals surface area (Å²) in [6, 6.07) is 0. The molecule has 0 aromatic carbocycles. The minimum absolute atomic E-state index is 0.203. The first kappa shape index (κ1) is 12.7. The van der Waals surface area contributed by atoms with Gasteiger partial charge in [0, 0.05) is 13.0 Å². The maximum atomic E-state index is 12.6. The number of carbonyl (C=O) groups excluding carboxylic acids is 1. The molecule has 1 heterocycles. The zero-order valence-electron chi connectivity index (χ0n) is 11.8. The van der Waals surface area contributed by atoms with E-state index in [2.05, 4.69) is 5.10 Å². The van der Waals surface area contributed by atoms with E-state index >= 15 is 0 Å². The van der Waals surface area contributed by atoms with Crippen LogP contribution in [0.3, 0.4) is 0 Å². The van der Waals surface area contributed by atoms with Crippen molar-refractivity contribution in [3.05, 3.63) is 11.9 Å². The number of fused-ring (bicyclic) bond motifs is 2. The van der Waals surface area contributed by atoms with Gasteiger partial charge in [0.05, 0.1) is 13.3 Å². The third-order valence-corrected chi connectivity index (χ3v) is 4.92. The normalized spacial score (nSPS) is 28.8. The third kappa shape index (κ3) is 2.17. The molecule has 2 aliphatic rings. The van der Waals surface area contributed by atoms with Crippen LogP contribution in [0.1, 0.15) is 49.5 Å². The summed E-state index contributed by atoms with van der Waals surface area (Å²) in [7, 11) is 1.60. The van der Waals surface area contributed by atoms with E-state index < -0.39 is 0 Å². The first-order chi connectivity index (χ1) is 9.22. The molecule has 3 rings (SSSR count). The molecule has 0 spiro atoms. The maximum Gasteiger partial charge on any atom is 0.184 e. The Bertz CT molecular complexity index is 459. The SMILES string of the molecule is CCn1ncc(OC)c1C(=O)CC1CC2CCC1C2. The molecule has 2 fully saturated rings. The number of ketones is 1. The molecule has 2 aliphatic carbocycles. The molecule has 0 radical (unpaired) electrons. The lowest BCUT2D eigenvalue weighted by molar-refractivity contribution is 0.0930. The molecular weight excluding hydrogens is 240 g/mol. The zero-order chi connectivity index (χ0) is 13.4. The predicted octanol–water partition coefficient (Wildman–Crippen LogP) is 2.92. The fourth-order valence-electron chi connectivity index (χ4n) is 4.00. The molecule has 3 unspecified atom stereocenters. The Morgan fingerprint density at radius 1 is 1.47 bits per heavy atom. The Labute approximate surface area is 114 Å².